The molecule has 1 heterocycles. The standard InChI is InChI=1S/C12H12IN3O4S/c1-2-20-12(17)10-7-14-15-11(10)16-21(18,19)9-5-3-8(13)4-6-9/h3-7H,2H2,1H3,(H2,14,15,16). The Morgan fingerprint density at radius 2 is 2.05 bits per heavy atom. The van der Waals surface area contributed by atoms with Crippen LogP contribution in [0.5, 0.6) is 0 Å². The van der Waals surface area contributed by atoms with Crippen molar-refractivity contribution in [3.8, 4) is 0 Å². The lowest BCUT2D eigenvalue weighted by Crippen LogP contribution is -2.16. The van der Waals surface area contributed by atoms with Crippen molar-refractivity contribution in [3.63, 3.8) is 0 Å². The number of nitrogens with zero attached hydrogens (tertiary/aromatic N) is 1. The van der Waals surface area contributed by atoms with Gasteiger partial charge in [-0.1, -0.05) is 0 Å². The van der Waals surface area contributed by atoms with Gasteiger partial charge in [-0.2, -0.15) is 5.10 Å². The van der Waals surface area contributed by atoms with Gasteiger partial charge in [0.25, 0.3) is 10.0 Å². The van der Waals surface area contributed by atoms with Gasteiger partial charge in [0.05, 0.1) is 17.7 Å². The number of sulfonamides is 1. The molecule has 0 aliphatic heterocycles. The molecule has 2 N–H and O–H groups in total. The number of H-pyrrole nitrogens is 1. The topological polar surface area (TPSA) is 101 Å². The first kappa shape index (κ1) is 15.8. The van der Waals surface area contributed by atoms with Crippen LogP contribution in [0.2, 0.25) is 0 Å². The molecule has 0 radical (unpaired) electrons. The van der Waals surface area contributed by atoms with Crippen LogP contribution in [0.3, 0.4) is 0 Å². The molecule has 112 valence electrons. The average Bonchev–Trinajstić information content (AvgIpc) is 2.87. The van der Waals surface area contributed by atoms with Gasteiger partial charge in [-0.15, -0.1) is 0 Å². The van der Waals surface area contributed by atoms with Crippen molar-refractivity contribution in [1.82, 2.24) is 10.2 Å². The van der Waals surface area contributed by atoms with Crippen LogP contribution in [0.15, 0.2) is 35.4 Å². The summed E-state index contributed by atoms with van der Waals surface area (Å²) in [6.45, 7) is 1.85. The van der Waals surface area contributed by atoms with E-state index in [4.69, 9.17) is 4.74 Å². The molecular weight excluding hydrogens is 409 g/mol. The molecule has 2 aromatic rings. The predicted molar refractivity (Wildman–Crippen MR) is 84.5 cm³/mol. The zero-order valence-corrected chi connectivity index (χ0v) is 13.9. The molecule has 1 aromatic carbocycles. The molecule has 9 heteroatoms. The first-order valence-electron chi connectivity index (χ1n) is 5.93. The van der Waals surface area contributed by atoms with Crippen LogP contribution >= 0.6 is 22.6 Å². The number of carbonyl (C=O) groups excluding carboxylic acids is 1. The van der Waals surface area contributed by atoms with Gasteiger partial charge in [-0.05, 0) is 53.8 Å². The fourth-order valence-electron chi connectivity index (χ4n) is 1.53. The number of ether oxygens (including phenoxy) is 1. The van der Waals surface area contributed by atoms with Crippen molar-refractivity contribution in [2.24, 2.45) is 0 Å². The van der Waals surface area contributed by atoms with Crippen LogP contribution in [-0.2, 0) is 14.8 Å². The second-order valence-electron chi connectivity index (χ2n) is 3.94. The smallest absolute Gasteiger partial charge is 0.343 e. The third kappa shape index (κ3) is 3.73. The largest absolute Gasteiger partial charge is 0.462 e. The van der Waals surface area contributed by atoms with Crippen molar-refractivity contribution in [1.29, 1.82) is 0 Å². The highest BCUT2D eigenvalue weighted by Crippen LogP contribution is 2.19. The molecule has 0 fully saturated rings. The summed E-state index contributed by atoms with van der Waals surface area (Å²) in [4.78, 5) is 11.8. The van der Waals surface area contributed by atoms with E-state index >= 15 is 0 Å². The molecule has 0 saturated heterocycles. The minimum atomic E-state index is -3.80. The van der Waals surface area contributed by atoms with Gasteiger partial charge in [0.15, 0.2) is 0 Å². The molecule has 7 nitrogen and oxygen atoms in total. The van der Waals surface area contributed by atoms with E-state index in [1.165, 1.54) is 18.3 Å². The Bertz CT molecular complexity index is 740. The third-order valence-electron chi connectivity index (χ3n) is 2.50. The molecule has 21 heavy (non-hydrogen) atoms. The van der Waals surface area contributed by atoms with Gasteiger partial charge in [0.2, 0.25) is 0 Å². The number of anilines is 1. The molecule has 0 aliphatic carbocycles. The van der Waals surface area contributed by atoms with Gasteiger partial charge in [-0.3, -0.25) is 9.82 Å². The highest BCUT2D eigenvalue weighted by molar-refractivity contribution is 14.1. The first-order valence-corrected chi connectivity index (χ1v) is 8.49. The van der Waals surface area contributed by atoms with E-state index in [1.807, 2.05) is 0 Å². The molecule has 0 bridgehead atoms. The summed E-state index contributed by atoms with van der Waals surface area (Å²) < 4.78 is 32.5. The summed E-state index contributed by atoms with van der Waals surface area (Å²) in [7, 11) is -3.80. The van der Waals surface area contributed by atoms with Crippen molar-refractivity contribution >= 4 is 44.4 Å². The predicted octanol–water partition coefficient (Wildman–Crippen LogP) is 1.99. The van der Waals surface area contributed by atoms with Crippen LogP contribution in [0.1, 0.15) is 17.3 Å². The minimum absolute atomic E-state index is 0.0213. The minimum Gasteiger partial charge on any atom is -0.462 e. The van der Waals surface area contributed by atoms with Gasteiger partial charge in [0, 0.05) is 3.57 Å². The molecule has 0 amide bonds. The normalized spacial score (nSPS) is 11.1. The zero-order valence-electron chi connectivity index (χ0n) is 11.0. The number of carbonyl (C=O) groups is 1. The fourth-order valence-corrected chi connectivity index (χ4v) is 2.93. The summed E-state index contributed by atoms with van der Waals surface area (Å²) in [6, 6.07) is 6.30. The Morgan fingerprint density at radius 1 is 1.38 bits per heavy atom. The van der Waals surface area contributed by atoms with Crippen molar-refractivity contribution in [2.45, 2.75) is 11.8 Å². The number of halogens is 1. The maximum Gasteiger partial charge on any atom is 0.343 e. The molecule has 2 rings (SSSR count). The van der Waals surface area contributed by atoms with Crippen LogP contribution in [0, 0.1) is 3.57 Å². The Hall–Kier alpha value is -1.62. The number of nitrogens with one attached hydrogen (secondary N) is 2. The number of esters is 1. The summed E-state index contributed by atoms with van der Waals surface area (Å²) in [5, 5.41) is 6.10. The van der Waals surface area contributed by atoms with E-state index in [-0.39, 0.29) is 22.9 Å². The highest BCUT2D eigenvalue weighted by Gasteiger charge is 2.21. The highest BCUT2D eigenvalue weighted by atomic mass is 127. The van der Waals surface area contributed by atoms with Gasteiger partial charge >= 0.3 is 5.97 Å². The molecular formula is C12H12IN3O4S. The second kappa shape index (κ2) is 6.43. The first-order chi connectivity index (χ1) is 9.94. The summed E-state index contributed by atoms with van der Waals surface area (Å²) in [5.74, 6) is -0.668. The number of rotatable bonds is 5. The third-order valence-corrected chi connectivity index (χ3v) is 4.58. The Morgan fingerprint density at radius 3 is 2.67 bits per heavy atom. The second-order valence-corrected chi connectivity index (χ2v) is 6.87. The van der Waals surface area contributed by atoms with E-state index in [1.54, 1.807) is 19.1 Å². The lowest BCUT2D eigenvalue weighted by molar-refractivity contribution is 0.0527. The number of hydrogen-bond acceptors (Lipinski definition) is 5. The SMILES string of the molecule is CCOC(=O)c1cn[nH]c1NS(=O)(=O)c1ccc(I)cc1. The number of hydrogen-bond donors (Lipinski definition) is 2. The van der Waals surface area contributed by atoms with Gasteiger partial charge in [-0.25, -0.2) is 13.2 Å². The van der Waals surface area contributed by atoms with Crippen LogP contribution in [-0.4, -0.2) is 31.2 Å². The lowest BCUT2D eigenvalue weighted by Gasteiger charge is -2.08. The van der Waals surface area contributed by atoms with Crippen LogP contribution < -0.4 is 4.72 Å². The summed E-state index contributed by atoms with van der Waals surface area (Å²) >= 11 is 2.08. The molecule has 0 unspecified atom stereocenters. The summed E-state index contributed by atoms with van der Waals surface area (Å²) in [5.41, 5.74) is 0.0333. The van der Waals surface area contributed by atoms with E-state index in [9.17, 15) is 13.2 Å². The van der Waals surface area contributed by atoms with Crippen LogP contribution in [0.4, 0.5) is 5.82 Å². The van der Waals surface area contributed by atoms with Crippen molar-refractivity contribution < 1.29 is 17.9 Å². The number of aromatic amines is 1. The average molecular weight is 421 g/mol. The fraction of sp³-hybridized carbons (Fsp3) is 0.167. The molecule has 0 aliphatic rings. The van der Waals surface area contributed by atoms with Crippen molar-refractivity contribution in [3.05, 3.63) is 39.6 Å². The van der Waals surface area contributed by atoms with E-state index in [0.29, 0.717) is 0 Å². The molecule has 0 saturated carbocycles. The number of benzene rings is 1. The quantitative estimate of drug-likeness (QED) is 0.568. The van der Waals surface area contributed by atoms with Crippen molar-refractivity contribution in [2.75, 3.05) is 11.3 Å². The monoisotopic (exact) mass is 421 g/mol. The van der Waals surface area contributed by atoms with Gasteiger partial charge in [0.1, 0.15) is 11.4 Å². The van der Waals surface area contributed by atoms with E-state index in [2.05, 4.69) is 37.5 Å². The Labute approximate surface area is 135 Å². The van der Waals surface area contributed by atoms with Crippen LogP contribution in [0.25, 0.3) is 0 Å². The maximum atomic E-state index is 12.2. The Balaban J connectivity index is 2.27. The van der Waals surface area contributed by atoms with Gasteiger partial charge < -0.3 is 4.74 Å². The van der Waals surface area contributed by atoms with E-state index < -0.39 is 16.0 Å². The summed E-state index contributed by atoms with van der Waals surface area (Å²) in [6.07, 6.45) is 1.21. The number of aromatic nitrogens is 2. The molecule has 0 atom stereocenters. The molecule has 1 aromatic heterocycles. The lowest BCUT2D eigenvalue weighted by atomic mass is 10.3. The zero-order chi connectivity index (χ0) is 15.5. The van der Waals surface area contributed by atoms with E-state index in [0.717, 1.165) is 3.57 Å². The maximum absolute atomic E-state index is 12.2. The molecule has 0 spiro atoms. The Kier molecular flexibility index (Phi) is 4.83.